The van der Waals surface area contributed by atoms with E-state index in [1.807, 2.05) is 37.3 Å². The summed E-state index contributed by atoms with van der Waals surface area (Å²) in [5.74, 6) is -1.07. The highest BCUT2D eigenvalue weighted by Gasteiger charge is 2.20. The van der Waals surface area contributed by atoms with Crippen molar-refractivity contribution in [3.63, 3.8) is 0 Å². The van der Waals surface area contributed by atoms with Gasteiger partial charge < -0.3 is 25.6 Å². The van der Waals surface area contributed by atoms with Crippen LogP contribution in [0.2, 0.25) is 5.02 Å². The van der Waals surface area contributed by atoms with E-state index in [1.165, 1.54) is 4.57 Å². The Bertz CT molecular complexity index is 1510. The lowest BCUT2D eigenvalue weighted by Crippen LogP contribution is -2.36. The summed E-state index contributed by atoms with van der Waals surface area (Å²) in [5, 5.41) is 18.5. The van der Waals surface area contributed by atoms with Gasteiger partial charge in [-0.2, -0.15) is 0 Å². The summed E-state index contributed by atoms with van der Waals surface area (Å²) in [6, 6.07) is 18.3. The SMILES string of the molecule is Cc1ccc([C@H](CC(=O)O)NC(=O)Nc2c(NCc3cccnc3)ccn(Cc3ccccc3Cl)c2=O)cc1. The van der Waals surface area contributed by atoms with Crippen molar-refractivity contribution in [1.29, 1.82) is 0 Å². The largest absolute Gasteiger partial charge is 0.481 e. The molecule has 0 aliphatic carbocycles. The van der Waals surface area contributed by atoms with E-state index < -0.39 is 23.6 Å². The van der Waals surface area contributed by atoms with Crippen LogP contribution in [0.5, 0.6) is 0 Å². The molecule has 2 aromatic carbocycles. The zero-order chi connectivity index (χ0) is 27.8. The molecule has 2 amide bonds. The van der Waals surface area contributed by atoms with E-state index in [0.29, 0.717) is 22.8 Å². The number of anilines is 2. The third-order valence-electron chi connectivity index (χ3n) is 6.07. The van der Waals surface area contributed by atoms with Crippen molar-refractivity contribution in [2.24, 2.45) is 0 Å². The average Bonchev–Trinajstić information content (AvgIpc) is 2.92. The van der Waals surface area contributed by atoms with Gasteiger partial charge in [0.05, 0.1) is 24.7 Å². The normalized spacial score (nSPS) is 11.4. The highest BCUT2D eigenvalue weighted by Crippen LogP contribution is 2.22. The number of aromatic nitrogens is 2. The zero-order valence-electron chi connectivity index (χ0n) is 21.2. The number of urea groups is 1. The lowest BCUT2D eigenvalue weighted by molar-refractivity contribution is -0.137. The van der Waals surface area contributed by atoms with Gasteiger partial charge in [-0.1, -0.05) is 65.7 Å². The van der Waals surface area contributed by atoms with Crippen LogP contribution < -0.4 is 21.5 Å². The number of amides is 2. The van der Waals surface area contributed by atoms with Crippen LogP contribution in [-0.4, -0.2) is 26.7 Å². The van der Waals surface area contributed by atoms with Crippen LogP contribution in [0.4, 0.5) is 16.2 Å². The number of carboxylic acid groups (broad SMARTS) is 1. The van der Waals surface area contributed by atoms with Gasteiger partial charge in [0.2, 0.25) is 0 Å². The Balaban J connectivity index is 1.62. The highest BCUT2D eigenvalue weighted by molar-refractivity contribution is 6.31. The van der Waals surface area contributed by atoms with Crippen LogP contribution in [0.3, 0.4) is 0 Å². The lowest BCUT2D eigenvalue weighted by atomic mass is 10.0. The van der Waals surface area contributed by atoms with Gasteiger partial charge in [-0.3, -0.25) is 14.6 Å². The number of rotatable bonds is 10. The summed E-state index contributed by atoms with van der Waals surface area (Å²) in [7, 11) is 0. The number of hydrogen-bond donors (Lipinski definition) is 4. The molecule has 1 atom stereocenters. The number of carboxylic acids is 1. The number of nitrogens with zero attached hydrogens (tertiary/aromatic N) is 2. The minimum Gasteiger partial charge on any atom is -0.481 e. The smallest absolute Gasteiger partial charge is 0.319 e. The first-order valence-corrected chi connectivity index (χ1v) is 12.6. The second kappa shape index (κ2) is 12.7. The van der Waals surface area contributed by atoms with Crippen molar-refractivity contribution in [3.8, 4) is 0 Å². The molecule has 4 aromatic rings. The molecule has 9 nitrogen and oxygen atoms in total. The van der Waals surface area contributed by atoms with Crippen LogP contribution in [0.25, 0.3) is 0 Å². The van der Waals surface area contributed by atoms with Crippen molar-refractivity contribution in [1.82, 2.24) is 14.9 Å². The fourth-order valence-corrected chi connectivity index (χ4v) is 4.21. The van der Waals surface area contributed by atoms with Crippen molar-refractivity contribution in [3.05, 3.63) is 123 Å². The first-order valence-electron chi connectivity index (χ1n) is 12.3. The fourth-order valence-electron chi connectivity index (χ4n) is 4.01. The predicted molar refractivity (Wildman–Crippen MR) is 151 cm³/mol. The molecule has 0 saturated heterocycles. The van der Waals surface area contributed by atoms with E-state index in [-0.39, 0.29) is 18.7 Å². The minimum absolute atomic E-state index is 0.0175. The quantitative estimate of drug-likeness (QED) is 0.217. The van der Waals surface area contributed by atoms with Crippen molar-refractivity contribution < 1.29 is 14.7 Å². The van der Waals surface area contributed by atoms with Crippen LogP contribution >= 0.6 is 11.6 Å². The van der Waals surface area contributed by atoms with Gasteiger partial charge in [-0.15, -0.1) is 0 Å². The first kappa shape index (κ1) is 27.4. The van der Waals surface area contributed by atoms with E-state index in [1.54, 1.807) is 55.0 Å². The van der Waals surface area contributed by atoms with Crippen LogP contribution in [0, 0.1) is 6.92 Å². The van der Waals surface area contributed by atoms with E-state index in [0.717, 1.165) is 16.7 Å². The third kappa shape index (κ3) is 7.45. The summed E-state index contributed by atoms with van der Waals surface area (Å²) < 4.78 is 1.45. The molecule has 2 aromatic heterocycles. The number of carbonyl (C=O) groups excluding carboxylic acids is 1. The maximum Gasteiger partial charge on any atom is 0.319 e. The number of hydrogen-bond acceptors (Lipinski definition) is 5. The molecule has 10 heteroatoms. The molecule has 39 heavy (non-hydrogen) atoms. The molecule has 0 spiro atoms. The highest BCUT2D eigenvalue weighted by atomic mass is 35.5. The van der Waals surface area contributed by atoms with Crippen LogP contribution in [0.15, 0.2) is 90.1 Å². The van der Waals surface area contributed by atoms with E-state index in [4.69, 9.17) is 11.6 Å². The van der Waals surface area contributed by atoms with Crippen molar-refractivity contribution in [2.75, 3.05) is 10.6 Å². The second-order valence-corrected chi connectivity index (χ2v) is 9.41. The van der Waals surface area contributed by atoms with Gasteiger partial charge in [0.1, 0.15) is 5.69 Å². The minimum atomic E-state index is -1.07. The van der Waals surface area contributed by atoms with Crippen LogP contribution in [-0.2, 0) is 17.9 Å². The zero-order valence-corrected chi connectivity index (χ0v) is 22.0. The molecule has 4 rings (SSSR count). The molecule has 0 radical (unpaired) electrons. The Hall–Kier alpha value is -4.63. The Morgan fingerprint density at radius 3 is 2.51 bits per heavy atom. The molecule has 0 unspecified atom stereocenters. The van der Waals surface area contributed by atoms with Gasteiger partial charge in [0, 0.05) is 30.2 Å². The Kier molecular flexibility index (Phi) is 8.96. The van der Waals surface area contributed by atoms with Crippen molar-refractivity contribution in [2.45, 2.75) is 32.5 Å². The Morgan fingerprint density at radius 1 is 1.05 bits per heavy atom. The van der Waals surface area contributed by atoms with Crippen molar-refractivity contribution >= 4 is 35.0 Å². The maximum atomic E-state index is 13.6. The van der Waals surface area contributed by atoms with Gasteiger partial charge in [0.15, 0.2) is 0 Å². The van der Waals surface area contributed by atoms with Crippen LogP contribution in [0.1, 0.15) is 34.7 Å². The van der Waals surface area contributed by atoms with Gasteiger partial charge in [0.25, 0.3) is 5.56 Å². The average molecular weight is 546 g/mol. The summed E-state index contributed by atoms with van der Waals surface area (Å²) in [6.07, 6.45) is 4.66. The summed E-state index contributed by atoms with van der Waals surface area (Å²) in [4.78, 5) is 42.3. The molecule has 2 heterocycles. The van der Waals surface area contributed by atoms with E-state index >= 15 is 0 Å². The molecule has 0 aliphatic rings. The standard InChI is InChI=1S/C29H28ClN5O4/c1-19-8-10-21(11-9-19)25(15-26(36)37)33-29(39)34-27-24(32-17-20-5-4-13-31-16-20)12-14-35(28(27)38)18-22-6-2-3-7-23(22)30/h2-14,16,25,32H,15,17-18H2,1H3,(H,36,37)(H2,33,34,39)/t25-/m0/s1. The lowest BCUT2D eigenvalue weighted by Gasteiger charge is -2.20. The van der Waals surface area contributed by atoms with Gasteiger partial charge in [-0.25, -0.2) is 4.79 Å². The molecular weight excluding hydrogens is 518 g/mol. The number of nitrogens with one attached hydrogen (secondary N) is 3. The number of pyridine rings is 2. The van der Waals surface area contributed by atoms with E-state index in [2.05, 4.69) is 20.9 Å². The molecule has 0 fully saturated rings. The molecule has 4 N–H and O–H groups in total. The first-order chi connectivity index (χ1) is 18.8. The Labute approximate surface area is 230 Å². The summed E-state index contributed by atoms with van der Waals surface area (Å²) in [6.45, 7) is 2.48. The number of benzene rings is 2. The fraction of sp³-hybridized carbons (Fsp3) is 0.172. The topological polar surface area (TPSA) is 125 Å². The third-order valence-corrected chi connectivity index (χ3v) is 6.44. The number of carbonyl (C=O) groups is 2. The number of aryl methyl sites for hydroxylation is 1. The van der Waals surface area contributed by atoms with Gasteiger partial charge in [-0.05, 0) is 41.8 Å². The second-order valence-electron chi connectivity index (χ2n) is 9.00. The molecule has 0 saturated carbocycles. The van der Waals surface area contributed by atoms with E-state index in [9.17, 15) is 19.5 Å². The molecule has 200 valence electrons. The number of halogens is 1. The predicted octanol–water partition coefficient (Wildman–Crippen LogP) is 5.20. The summed E-state index contributed by atoms with van der Waals surface area (Å²) in [5.41, 5.74) is 3.24. The monoisotopic (exact) mass is 545 g/mol. The summed E-state index contributed by atoms with van der Waals surface area (Å²) >= 11 is 6.30. The van der Waals surface area contributed by atoms with Gasteiger partial charge >= 0.3 is 12.0 Å². The number of aliphatic carboxylic acids is 1. The molecule has 0 bridgehead atoms. The Morgan fingerprint density at radius 2 is 1.82 bits per heavy atom. The molecular formula is C29H28ClN5O4. The molecule has 0 aliphatic heterocycles. The maximum absolute atomic E-state index is 13.6.